The van der Waals surface area contributed by atoms with Gasteiger partial charge >= 0.3 is 6.01 Å². The average molecular weight is 330 g/mol. The first-order valence-electron chi connectivity index (χ1n) is 6.71. The minimum Gasteiger partial charge on any atom is -0.496 e. The van der Waals surface area contributed by atoms with E-state index in [1.54, 1.807) is 12.1 Å². The second-order valence-electron chi connectivity index (χ2n) is 4.58. The van der Waals surface area contributed by atoms with Crippen molar-refractivity contribution in [2.24, 2.45) is 0 Å². The number of nitrogens with zero attached hydrogens (tertiary/aromatic N) is 2. The fourth-order valence-corrected chi connectivity index (χ4v) is 2.17. The van der Waals surface area contributed by atoms with Crippen molar-refractivity contribution < 1.29 is 13.9 Å². The number of halogens is 1. The molecule has 0 unspecified atom stereocenters. The van der Waals surface area contributed by atoms with Gasteiger partial charge in [0.1, 0.15) is 5.75 Å². The van der Waals surface area contributed by atoms with Gasteiger partial charge in [0.25, 0.3) is 5.91 Å². The Morgan fingerprint density at radius 3 is 2.70 bits per heavy atom. The molecular weight excluding hydrogens is 318 g/mol. The van der Waals surface area contributed by atoms with Gasteiger partial charge in [-0.1, -0.05) is 34.9 Å². The predicted octanol–water partition coefficient (Wildman–Crippen LogP) is 3.65. The lowest BCUT2D eigenvalue weighted by Crippen LogP contribution is -2.13. The molecule has 0 radical (unpaired) electrons. The van der Waals surface area contributed by atoms with Crippen LogP contribution in [0.15, 0.2) is 52.9 Å². The molecule has 2 aromatic carbocycles. The summed E-state index contributed by atoms with van der Waals surface area (Å²) >= 11 is 5.92. The molecule has 0 aliphatic heterocycles. The van der Waals surface area contributed by atoms with E-state index >= 15 is 0 Å². The molecule has 1 heterocycles. The van der Waals surface area contributed by atoms with E-state index in [4.69, 9.17) is 20.8 Å². The second-order valence-corrected chi connectivity index (χ2v) is 5.01. The highest BCUT2D eigenvalue weighted by molar-refractivity contribution is 6.31. The van der Waals surface area contributed by atoms with Gasteiger partial charge in [-0.15, -0.1) is 5.10 Å². The number of methoxy groups -OCH3 is 1. The van der Waals surface area contributed by atoms with Gasteiger partial charge in [-0.2, -0.15) is 0 Å². The number of ether oxygens (including phenoxy) is 1. The van der Waals surface area contributed by atoms with Gasteiger partial charge in [0, 0.05) is 10.6 Å². The highest BCUT2D eigenvalue weighted by Crippen LogP contribution is 2.24. The van der Waals surface area contributed by atoms with Crippen molar-refractivity contribution in [1.82, 2.24) is 10.2 Å². The largest absolute Gasteiger partial charge is 0.496 e. The molecule has 0 fully saturated rings. The van der Waals surface area contributed by atoms with Gasteiger partial charge in [-0.05, 0) is 30.3 Å². The number of anilines is 1. The van der Waals surface area contributed by atoms with Crippen molar-refractivity contribution in [3.05, 3.63) is 59.1 Å². The third-order valence-corrected chi connectivity index (χ3v) is 3.31. The van der Waals surface area contributed by atoms with Gasteiger partial charge in [-0.25, -0.2) is 0 Å². The number of benzene rings is 2. The van der Waals surface area contributed by atoms with E-state index in [-0.39, 0.29) is 11.6 Å². The lowest BCUT2D eigenvalue weighted by atomic mass is 10.2. The smallest absolute Gasteiger partial charge is 0.322 e. The van der Waals surface area contributed by atoms with Crippen LogP contribution in [0, 0.1) is 0 Å². The lowest BCUT2D eigenvalue weighted by molar-refractivity contribution is 0.102. The molecule has 0 aliphatic carbocycles. The van der Waals surface area contributed by atoms with Crippen LogP contribution in [0.5, 0.6) is 5.75 Å². The van der Waals surface area contributed by atoms with E-state index in [1.165, 1.54) is 13.2 Å². The van der Waals surface area contributed by atoms with Crippen LogP contribution in [-0.4, -0.2) is 23.2 Å². The van der Waals surface area contributed by atoms with Gasteiger partial charge in [-0.3, -0.25) is 10.1 Å². The first kappa shape index (κ1) is 15.1. The summed E-state index contributed by atoms with van der Waals surface area (Å²) in [6, 6.07) is 14.0. The topological polar surface area (TPSA) is 77.2 Å². The highest BCUT2D eigenvalue weighted by Gasteiger charge is 2.16. The van der Waals surface area contributed by atoms with Crippen molar-refractivity contribution in [3.63, 3.8) is 0 Å². The maximum Gasteiger partial charge on any atom is 0.322 e. The molecule has 6 nitrogen and oxygen atoms in total. The van der Waals surface area contributed by atoms with E-state index in [9.17, 15) is 4.79 Å². The van der Waals surface area contributed by atoms with E-state index in [0.717, 1.165) is 5.56 Å². The minimum absolute atomic E-state index is 0.00381. The summed E-state index contributed by atoms with van der Waals surface area (Å²) in [4.78, 5) is 12.3. The SMILES string of the molecule is COc1ccc(Cl)cc1C(=O)Nc1nnc(-c2ccccc2)o1. The van der Waals surface area contributed by atoms with Crippen LogP contribution in [0.1, 0.15) is 10.4 Å². The van der Waals surface area contributed by atoms with Gasteiger partial charge in [0.05, 0.1) is 12.7 Å². The quantitative estimate of drug-likeness (QED) is 0.790. The van der Waals surface area contributed by atoms with E-state index < -0.39 is 5.91 Å². The standard InChI is InChI=1S/C16H12ClN3O3/c1-22-13-8-7-11(17)9-12(13)14(21)18-16-20-19-15(23-16)10-5-3-2-4-6-10/h2-9H,1H3,(H,18,20,21). The summed E-state index contributed by atoms with van der Waals surface area (Å²) in [5.74, 6) is 0.265. The first-order chi connectivity index (χ1) is 11.2. The number of carbonyl (C=O) groups is 1. The molecule has 0 saturated carbocycles. The van der Waals surface area contributed by atoms with Crippen LogP contribution in [0.25, 0.3) is 11.5 Å². The molecule has 0 aliphatic rings. The zero-order valence-electron chi connectivity index (χ0n) is 12.1. The number of amides is 1. The Bertz CT molecular complexity index is 834. The summed E-state index contributed by atoms with van der Waals surface area (Å²) in [6.45, 7) is 0. The molecular formula is C16H12ClN3O3. The number of carbonyl (C=O) groups excluding carboxylic acids is 1. The van der Waals surface area contributed by atoms with Crippen molar-refractivity contribution >= 4 is 23.5 Å². The maximum atomic E-state index is 12.3. The Balaban J connectivity index is 1.82. The molecule has 3 rings (SSSR count). The number of nitrogens with one attached hydrogen (secondary N) is 1. The molecule has 0 spiro atoms. The van der Waals surface area contributed by atoms with E-state index in [2.05, 4.69) is 15.5 Å². The zero-order valence-corrected chi connectivity index (χ0v) is 12.9. The first-order valence-corrected chi connectivity index (χ1v) is 7.09. The summed E-state index contributed by atoms with van der Waals surface area (Å²) in [5, 5.41) is 10.7. The molecule has 3 aromatic rings. The second kappa shape index (κ2) is 6.50. The molecule has 1 N–H and O–H groups in total. The Morgan fingerprint density at radius 2 is 1.96 bits per heavy atom. The van der Waals surface area contributed by atoms with Crippen LogP contribution in [-0.2, 0) is 0 Å². The third kappa shape index (κ3) is 3.32. The summed E-state index contributed by atoms with van der Waals surface area (Å²) in [7, 11) is 1.47. The van der Waals surface area contributed by atoms with Gasteiger partial charge in [0.15, 0.2) is 0 Å². The molecule has 0 saturated heterocycles. The normalized spacial score (nSPS) is 10.3. The van der Waals surface area contributed by atoms with Crippen molar-refractivity contribution in [1.29, 1.82) is 0 Å². The fourth-order valence-electron chi connectivity index (χ4n) is 1.99. The van der Waals surface area contributed by atoms with Crippen LogP contribution in [0.4, 0.5) is 6.01 Å². The van der Waals surface area contributed by atoms with Crippen LogP contribution in [0.2, 0.25) is 5.02 Å². The van der Waals surface area contributed by atoms with Gasteiger partial charge < -0.3 is 9.15 Å². The molecule has 116 valence electrons. The van der Waals surface area contributed by atoms with Gasteiger partial charge in [0.2, 0.25) is 5.89 Å². The lowest BCUT2D eigenvalue weighted by Gasteiger charge is -2.07. The van der Waals surface area contributed by atoms with E-state index in [1.807, 2.05) is 30.3 Å². The van der Waals surface area contributed by atoms with Crippen LogP contribution >= 0.6 is 11.6 Å². The predicted molar refractivity (Wildman–Crippen MR) is 85.7 cm³/mol. The highest BCUT2D eigenvalue weighted by atomic mass is 35.5. The Morgan fingerprint density at radius 1 is 1.17 bits per heavy atom. The van der Waals surface area contributed by atoms with Crippen LogP contribution < -0.4 is 10.1 Å². The number of rotatable bonds is 4. The molecule has 0 atom stereocenters. The third-order valence-electron chi connectivity index (χ3n) is 3.07. The van der Waals surface area contributed by atoms with Crippen LogP contribution in [0.3, 0.4) is 0 Å². The van der Waals surface area contributed by atoms with E-state index in [0.29, 0.717) is 16.7 Å². The van der Waals surface area contributed by atoms with Crippen molar-refractivity contribution in [2.45, 2.75) is 0 Å². The fraction of sp³-hybridized carbons (Fsp3) is 0.0625. The summed E-state index contributed by atoms with van der Waals surface area (Å²) < 4.78 is 10.6. The monoisotopic (exact) mass is 329 g/mol. The Hall–Kier alpha value is -2.86. The maximum absolute atomic E-state index is 12.3. The Labute approximate surface area is 137 Å². The number of hydrogen-bond acceptors (Lipinski definition) is 5. The molecule has 0 bridgehead atoms. The summed E-state index contributed by atoms with van der Waals surface area (Å²) in [5.41, 5.74) is 1.04. The minimum atomic E-state index is -0.451. The number of aromatic nitrogens is 2. The van der Waals surface area contributed by atoms with Crippen molar-refractivity contribution in [3.8, 4) is 17.2 Å². The molecule has 1 amide bonds. The Kier molecular flexibility index (Phi) is 4.25. The molecule has 7 heteroatoms. The van der Waals surface area contributed by atoms with Crippen molar-refractivity contribution in [2.75, 3.05) is 12.4 Å². The molecule has 1 aromatic heterocycles. The molecule has 23 heavy (non-hydrogen) atoms. The number of hydrogen-bond donors (Lipinski definition) is 1. The zero-order chi connectivity index (χ0) is 16.2. The summed E-state index contributed by atoms with van der Waals surface area (Å²) in [6.07, 6.45) is 0. The average Bonchev–Trinajstić information content (AvgIpc) is 3.04.